The Kier molecular flexibility index (Phi) is 2.40. The van der Waals surface area contributed by atoms with E-state index in [0.717, 1.165) is 0 Å². The number of aromatic hydroxyl groups is 1. The molecule has 2 N–H and O–H groups in total. The summed E-state index contributed by atoms with van der Waals surface area (Å²) in [7, 11) is 1.64. The number of para-hydroxylation sites is 1. The fourth-order valence-electron chi connectivity index (χ4n) is 1.46. The van der Waals surface area contributed by atoms with Crippen molar-refractivity contribution >= 4 is 12.7 Å². The molecule has 4 nitrogen and oxygen atoms in total. The van der Waals surface area contributed by atoms with E-state index < -0.39 is 0 Å². The van der Waals surface area contributed by atoms with Crippen LogP contribution in [0.4, 0.5) is 0 Å². The summed E-state index contributed by atoms with van der Waals surface area (Å²) in [6.07, 6.45) is 1.60. The van der Waals surface area contributed by atoms with Crippen molar-refractivity contribution in [1.82, 2.24) is 9.55 Å². The molecule has 0 bridgehead atoms. The van der Waals surface area contributed by atoms with Gasteiger partial charge in [-0.1, -0.05) is 24.8 Å². The van der Waals surface area contributed by atoms with Gasteiger partial charge in [-0.2, -0.15) is 0 Å². The SMILES string of the molecule is C=c1[nH]c(=Cc2ccccc2O)c(=O)n1C. The van der Waals surface area contributed by atoms with Gasteiger partial charge >= 0.3 is 0 Å². The van der Waals surface area contributed by atoms with Gasteiger partial charge < -0.3 is 10.1 Å². The number of H-pyrrole nitrogens is 1. The minimum atomic E-state index is -0.159. The average molecular weight is 216 g/mol. The molecule has 0 radical (unpaired) electrons. The highest BCUT2D eigenvalue weighted by Crippen LogP contribution is 2.15. The van der Waals surface area contributed by atoms with Gasteiger partial charge in [0, 0.05) is 12.6 Å². The van der Waals surface area contributed by atoms with Gasteiger partial charge in [0.1, 0.15) is 16.6 Å². The summed E-state index contributed by atoms with van der Waals surface area (Å²) in [4.78, 5) is 14.5. The van der Waals surface area contributed by atoms with Crippen molar-refractivity contribution in [1.29, 1.82) is 0 Å². The third-order valence-corrected chi connectivity index (χ3v) is 2.46. The molecule has 0 saturated heterocycles. The molecule has 2 aromatic rings. The number of phenolic OH excluding ortho intramolecular Hbond substituents is 1. The molecule has 0 saturated carbocycles. The van der Waals surface area contributed by atoms with Gasteiger partial charge in [-0.25, -0.2) is 0 Å². The summed E-state index contributed by atoms with van der Waals surface area (Å²) in [6.45, 7) is 3.69. The Labute approximate surface area is 91.8 Å². The smallest absolute Gasteiger partial charge is 0.275 e. The average Bonchev–Trinajstić information content (AvgIpc) is 2.50. The van der Waals surface area contributed by atoms with Crippen LogP contribution in [0.1, 0.15) is 5.56 Å². The Hall–Kier alpha value is -2.23. The van der Waals surface area contributed by atoms with E-state index in [1.165, 1.54) is 4.57 Å². The molecule has 1 aromatic carbocycles. The predicted molar refractivity (Wildman–Crippen MR) is 62.5 cm³/mol. The first-order valence-corrected chi connectivity index (χ1v) is 4.83. The lowest BCUT2D eigenvalue weighted by Gasteiger charge is -1.95. The maximum Gasteiger partial charge on any atom is 0.275 e. The second-order valence-corrected chi connectivity index (χ2v) is 3.55. The zero-order chi connectivity index (χ0) is 11.7. The van der Waals surface area contributed by atoms with Gasteiger partial charge in [0.15, 0.2) is 0 Å². The molecule has 0 aliphatic carbocycles. The van der Waals surface area contributed by atoms with Gasteiger partial charge in [-0.3, -0.25) is 9.36 Å². The largest absolute Gasteiger partial charge is 0.507 e. The number of imidazole rings is 1. The van der Waals surface area contributed by atoms with Crippen molar-refractivity contribution in [2.75, 3.05) is 0 Å². The molecule has 16 heavy (non-hydrogen) atoms. The quantitative estimate of drug-likeness (QED) is 0.685. The Bertz CT molecular complexity index is 680. The molecule has 0 atom stereocenters. The predicted octanol–water partition coefficient (Wildman–Crippen LogP) is -0.342. The zero-order valence-electron chi connectivity index (χ0n) is 8.90. The number of aromatic nitrogens is 2. The molecular weight excluding hydrogens is 204 g/mol. The summed E-state index contributed by atoms with van der Waals surface area (Å²) >= 11 is 0. The molecule has 1 heterocycles. The first kappa shape index (κ1) is 10.3. The molecule has 0 spiro atoms. The second kappa shape index (κ2) is 3.73. The Morgan fingerprint density at radius 3 is 2.69 bits per heavy atom. The number of aromatic amines is 1. The van der Waals surface area contributed by atoms with Crippen LogP contribution >= 0.6 is 0 Å². The maximum atomic E-state index is 11.7. The van der Waals surface area contributed by atoms with E-state index in [0.29, 0.717) is 16.4 Å². The molecule has 1 aromatic heterocycles. The van der Waals surface area contributed by atoms with Gasteiger partial charge in [-0.05, 0) is 12.1 Å². The van der Waals surface area contributed by atoms with E-state index >= 15 is 0 Å². The van der Waals surface area contributed by atoms with Gasteiger partial charge in [-0.15, -0.1) is 0 Å². The van der Waals surface area contributed by atoms with E-state index in [4.69, 9.17) is 0 Å². The Balaban J connectivity index is 2.70. The number of rotatable bonds is 1. The molecule has 4 heteroatoms. The van der Waals surface area contributed by atoms with Crippen LogP contribution < -0.4 is 16.4 Å². The monoisotopic (exact) mass is 216 g/mol. The zero-order valence-corrected chi connectivity index (χ0v) is 8.90. The van der Waals surface area contributed by atoms with E-state index in [1.807, 2.05) is 0 Å². The molecule has 0 amide bonds. The van der Waals surface area contributed by atoms with Crippen molar-refractivity contribution in [3.63, 3.8) is 0 Å². The lowest BCUT2D eigenvalue weighted by molar-refractivity contribution is 0.474. The number of hydrogen-bond donors (Lipinski definition) is 2. The van der Waals surface area contributed by atoms with Crippen LogP contribution in [-0.4, -0.2) is 14.7 Å². The Morgan fingerprint density at radius 2 is 2.12 bits per heavy atom. The van der Waals surface area contributed by atoms with Crippen LogP contribution in [0.25, 0.3) is 12.7 Å². The van der Waals surface area contributed by atoms with Crippen LogP contribution in [0.3, 0.4) is 0 Å². The Morgan fingerprint density at radius 1 is 1.44 bits per heavy atom. The number of nitrogens with zero attached hydrogens (tertiary/aromatic N) is 1. The van der Waals surface area contributed by atoms with Crippen molar-refractivity contribution in [2.24, 2.45) is 7.05 Å². The van der Waals surface area contributed by atoms with Crippen molar-refractivity contribution in [3.8, 4) is 5.75 Å². The molecular formula is C12H12N2O2. The normalized spacial score (nSPS) is 11.9. The van der Waals surface area contributed by atoms with Gasteiger partial charge in [0.25, 0.3) is 5.56 Å². The fraction of sp³-hybridized carbons (Fsp3) is 0.0833. The number of phenols is 1. The van der Waals surface area contributed by atoms with Gasteiger partial charge in [0.05, 0.1) is 0 Å². The number of hydrogen-bond acceptors (Lipinski definition) is 2. The van der Waals surface area contributed by atoms with Gasteiger partial charge in [0.2, 0.25) is 0 Å². The highest BCUT2D eigenvalue weighted by molar-refractivity contribution is 5.55. The third kappa shape index (κ3) is 1.65. The summed E-state index contributed by atoms with van der Waals surface area (Å²) in [5.41, 5.74) is 0.973. The minimum absolute atomic E-state index is 0.143. The fourth-order valence-corrected chi connectivity index (χ4v) is 1.46. The van der Waals surface area contributed by atoms with E-state index in [9.17, 15) is 9.90 Å². The second-order valence-electron chi connectivity index (χ2n) is 3.55. The van der Waals surface area contributed by atoms with Crippen LogP contribution in [0.5, 0.6) is 5.75 Å². The van der Waals surface area contributed by atoms with Crippen LogP contribution in [0.2, 0.25) is 0 Å². The summed E-state index contributed by atoms with van der Waals surface area (Å²) in [5, 5.41) is 9.98. The lowest BCUT2D eigenvalue weighted by atomic mass is 10.2. The minimum Gasteiger partial charge on any atom is -0.507 e. The summed E-state index contributed by atoms with van der Waals surface area (Å²) in [6, 6.07) is 6.83. The third-order valence-electron chi connectivity index (χ3n) is 2.46. The first-order chi connectivity index (χ1) is 7.59. The topological polar surface area (TPSA) is 58.0 Å². The number of benzene rings is 1. The molecule has 0 unspecified atom stereocenters. The van der Waals surface area contributed by atoms with E-state index in [-0.39, 0.29) is 11.3 Å². The standard InChI is InChI=1S/C12H12N2O2/c1-8-13-10(12(16)14(8)2)7-9-5-3-4-6-11(9)15/h3-7,13,15H,1H2,2H3. The van der Waals surface area contributed by atoms with Crippen molar-refractivity contribution in [2.45, 2.75) is 0 Å². The maximum absolute atomic E-state index is 11.7. The highest BCUT2D eigenvalue weighted by Gasteiger charge is 1.99. The van der Waals surface area contributed by atoms with Crippen LogP contribution in [-0.2, 0) is 7.05 Å². The molecule has 82 valence electrons. The van der Waals surface area contributed by atoms with Crippen LogP contribution in [0, 0.1) is 0 Å². The molecule has 0 aliphatic heterocycles. The highest BCUT2D eigenvalue weighted by atomic mass is 16.3. The lowest BCUT2D eigenvalue weighted by Crippen LogP contribution is -2.28. The van der Waals surface area contributed by atoms with Crippen molar-refractivity contribution in [3.05, 3.63) is 51.0 Å². The van der Waals surface area contributed by atoms with Crippen LogP contribution in [0.15, 0.2) is 29.1 Å². The van der Waals surface area contributed by atoms with E-state index in [2.05, 4.69) is 11.6 Å². The van der Waals surface area contributed by atoms with E-state index in [1.54, 1.807) is 37.4 Å². The number of nitrogens with one attached hydrogen (secondary N) is 1. The summed E-state index contributed by atoms with van der Waals surface area (Å²) < 4.78 is 1.42. The first-order valence-electron chi connectivity index (χ1n) is 4.83. The molecule has 0 aliphatic rings. The summed E-state index contributed by atoms with van der Waals surface area (Å²) in [5.74, 6) is 0.143. The molecule has 2 rings (SSSR count). The molecule has 0 fully saturated rings. The van der Waals surface area contributed by atoms with Crippen molar-refractivity contribution < 1.29 is 5.11 Å².